The van der Waals surface area contributed by atoms with Gasteiger partial charge in [0.05, 0.1) is 0 Å². The van der Waals surface area contributed by atoms with Crippen molar-refractivity contribution >= 4 is 6.08 Å². The smallest absolute Gasteiger partial charge is 0.00574 e. The molecular weight excluding hydrogens is 312 g/mol. The van der Waals surface area contributed by atoms with Crippen molar-refractivity contribution in [3.05, 3.63) is 64.7 Å². The Balaban J connectivity index is 1.64. The van der Waals surface area contributed by atoms with Crippen molar-refractivity contribution in [2.75, 3.05) is 0 Å². The molecule has 136 valence electrons. The Morgan fingerprint density at radius 2 is 1.69 bits per heavy atom. The molecule has 0 N–H and O–H groups in total. The highest BCUT2D eigenvalue weighted by Gasteiger charge is 2.36. The molecule has 0 spiro atoms. The lowest BCUT2D eigenvalue weighted by Crippen LogP contribution is -2.28. The van der Waals surface area contributed by atoms with Crippen LogP contribution in [-0.2, 0) is 11.8 Å². The van der Waals surface area contributed by atoms with Crippen LogP contribution >= 0.6 is 0 Å². The monoisotopic (exact) mass is 344 g/mol. The summed E-state index contributed by atoms with van der Waals surface area (Å²) in [5.74, 6) is 0. The van der Waals surface area contributed by atoms with Crippen molar-refractivity contribution < 1.29 is 0 Å². The second-order valence-corrected chi connectivity index (χ2v) is 9.57. The molecule has 4 rings (SSSR count). The van der Waals surface area contributed by atoms with Gasteiger partial charge >= 0.3 is 0 Å². The molecule has 0 unspecified atom stereocenters. The summed E-state index contributed by atoms with van der Waals surface area (Å²) in [7, 11) is 0. The van der Waals surface area contributed by atoms with Gasteiger partial charge in [0, 0.05) is 0 Å². The first-order chi connectivity index (χ1) is 12.4. The molecule has 0 aliphatic heterocycles. The van der Waals surface area contributed by atoms with E-state index in [4.69, 9.17) is 0 Å². The molecule has 0 aromatic heterocycles. The highest BCUT2D eigenvalue weighted by molar-refractivity contribution is 5.81. The largest absolute Gasteiger partial charge is 0.0648 e. The van der Waals surface area contributed by atoms with Gasteiger partial charge in [-0.1, -0.05) is 94.7 Å². The Kier molecular flexibility index (Phi) is 4.34. The summed E-state index contributed by atoms with van der Waals surface area (Å²) in [5.41, 5.74) is 9.61. The van der Waals surface area contributed by atoms with Crippen molar-refractivity contribution in [1.82, 2.24) is 0 Å². The molecule has 2 aromatic rings. The van der Waals surface area contributed by atoms with Crippen LogP contribution < -0.4 is 0 Å². The fourth-order valence-corrected chi connectivity index (χ4v) is 4.77. The van der Waals surface area contributed by atoms with E-state index >= 15 is 0 Å². The second kappa shape index (κ2) is 6.41. The van der Waals surface area contributed by atoms with Crippen molar-refractivity contribution in [3.8, 4) is 11.1 Å². The van der Waals surface area contributed by atoms with Gasteiger partial charge in [-0.05, 0) is 64.3 Å². The van der Waals surface area contributed by atoms with Crippen LogP contribution in [0, 0.1) is 5.41 Å². The van der Waals surface area contributed by atoms with Crippen LogP contribution in [0.2, 0.25) is 0 Å². The van der Waals surface area contributed by atoms with Crippen molar-refractivity contribution in [1.29, 1.82) is 0 Å². The lowest BCUT2D eigenvalue weighted by molar-refractivity contribution is 0.127. The van der Waals surface area contributed by atoms with Gasteiger partial charge in [-0.3, -0.25) is 0 Å². The van der Waals surface area contributed by atoms with Crippen LogP contribution in [0.3, 0.4) is 0 Å². The van der Waals surface area contributed by atoms with Gasteiger partial charge in [-0.2, -0.15) is 0 Å². The van der Waals surface area contributed by atoms with Crippen molar-refractivity contribution in [2.24, 2.45) is 5.41 Å². The van der Waals surface area contributed by atoms with Crippen LogP contribution in [0.4, 0.5) is 0 Å². The molecule has 26 heavy (non-hydrogen) atoms. The van der Waals surface area contributed by atoms with E-state index in [2.05, 4.69) is 76.2 Å². The van der Waals surface area contributed by atoms with Gasteiger partial charge in [-0.25, -0.2) is 0 Å². The van der Waals surface area contributed by atoms with Crippen LogP contribution in [-0.4, -0.2) is 0 Å². The van der Waals surface area contributed by atoms with E-state index in [0.717, 1.165) is 6.42 Å². The molecule has 1 fully saturated rings. The molecule has 0 radical (unpaired) electrons. The molecular formula is C26H32. The van der Waals surface area contributed by atoms with E-state index in [0.29, 0.717) is 5.41 Å². The maximum atomic E-state index is 2.51. The fourth-order valence-electron chi connectivity index (χ4n) is 4.77. The van der Waals surface area contributed by atoms with E-state index in [1.165, 1.54) is 59.9 Å². The third kappa shape index (κ3) is 3.15. The van der Waals surface area contributed by atoms with Crippen LogP contribution in [0.25, 0.3) is 17.2 Å². The van der Waals surface area contributed by atoms with E-state index < -0.39 is 0 Å². The molecule has 2 aliphatic rings. The lowest BCUT2D eigenvalue weighted by Gasteiger charge is -2.42. The number of allylic oxidation sites excluding steroid dienone is 1. The lowest BCUT2D eigenvalue weighted by atomic mass is 9.63. The van der Waals surface area contributed by atoms with Gasteiger partial charge in [0.15, 0.2) is 0 Å². The first-order valence-electron chi connectivity index (χ1n) is 10.3. The molecule has 0 heterocycles. The predicted molar refractivity (Wildman–Crippen MR) is 113 cm³/mol. The Morgan fingerprint density at radius 3 is 2.27 bits per heavy atom. The third-order valence-electron chi connectivity index (χ3n) is 6.79. The van der Waals surface area contributed by atoms with Crippen LogP contribution in [0.15, 0.2) is 48.0 Å². The Hall–Kier alpha value is -1.82. The SMILES string of the molecule is CCC1(CC2=Cc3c(cccc3-c3ccc(C(C)(C)C)cc3)C2)CCC1. The number of benzene rings is 2. The highest BCUT2D eigenvalue weighted by Crippen LogP contribution is 2.50. The fraction of sp³-hybridized carbons (Fsp3) is 0.462. The van der Waals surface area contributed by atoms with Crippen LogP contribution in [0.1, 0.15) is 76.5 Å². The average Bonchev–Trinajstić information content (AvgIpc) is 3.00. The number of hydrogen-bond acceptors (Lipinski definition) is 0. The summed E-state index contributed by atoms with van der Waals surface area (Å²) in [6.07, 6.45) is 10.6. The topological polar surface area (TPSA) is 0 Å². The first-order valence-corrected chi connectivity index (χ1v) is 10.3. The molecule has 0 heteroatoms. The Morgan fingerprint density at radius 1 is 0.962 bits per heavy atom. The van der Waals surface area contributed by atoms with Gasteiger partial charge in [0.2, 0.25) is 0 Å². The van der Waals surface area contributed by atoms with Crippen molar-refractivity contribution in [2.45, 2.75) is 71.6 Å². The summed E-state index contributed by atoms with van der Waals surface area (Å²) in [5, 5.41) is 0. The molecule has 0 saturated heterocycles. The molecule has 1 saturated carbocycles. The zero-order valence-electron chi connectivity index (χ0n) is 16.9. The summed E-state index contributed by atoms with van der Waals surface area (Å²) < 4.78 is 0. The molecule has 0 bridgehead atoms. The van der Waals surface area contributed by atoms with E-state index in [9.17, 15) is 0 Å². The predicted octanol–water partition coefficient (Wildman–Crippen LogP) is 7.56. The van der Waals surface area contributed by atoms with Gasteiger partial charge < -0.3 is 0 Å². The summed E-state index contributed by atoms with van der Waals surface area (Å²) in [6.45, 7) is 9.22. The van der Waals surface area contributed by atoms with E-state index in [-0.39, 0.29) is 5.41 Å². The number of hydrogen-bond donors (Lipinski definition) is 0. The first kappa shape index (κ1) is 17.6. The Labute approximate surface area is 159 Å². The standard InChI is InChI=1S/C26H32/c1-5-26(14-7-15-26)18-19-16-21-8-6-9-23(24(21)17-19)20-10-12-22(13-11-20)25(2,3)4/h6,8-13,17H,5,7,14-16,18H2,1-4H3. The second-order valence-electron chi connectivity index (χ2n) is 9.57. The molecule has 2 aromatic carbocycles. The zero-order chi connectivity index (χ0) is 18.4. The normalized spacial score (nSPS) is 18.2. The van der Waals surface area contributed by atoms with Gasteiger partial charge in [0.25, 0.3) is 0 Å². The minimum absolute atomic E-state index is 0.210. The van der Waals surface area contributed by atoms with E-state index in [1.807, 2.05) is 0 Å². The quantitative estimate of drug-likeness (QED) is 0.537. The molecule has 0 nitrogen and oxygen atoms in total. The third-order valence-corrected chi connectivity index (χ3v) is 6.79. The minimum Gasteiger partial charge on any atom is -0.0648 e. The van der Waals surface area contributed by atoms with E-state index in [1.54, 1.807) is 5.57 Å². The van der Waals surface area contributed by atoms with Gasteiger partial charge in [0.1, 0.15) is 0 Å². The van der Waals surface area contributed by atoms with Crippen molar-refractivity contribution in [3.63, 3.8) is 0 Å². The molecule has 0 amide bonds. The zero-order valence-corrected chi connectivity index (χ0v) is 16.9. The Bertz CT molecular complexity index is 818. The average molecular weight is 345 g/mol. The van der Waals surface area contributed by atoms with Crippen LogP contribution in [0.5, 0.6) is 0 Å². The number of fused-ring (bicyclic) bond motifs is 1. The number of rotatable bonds is 4. The molecule has 0 atom stereocenters. The molecule has 2 aliphatic carbocycles. The summed E-state index contributed by atoms with van der Waals surface area (Å²) in [6, 6.07) is 16.1. The maximum absolute atomic E-state index is 2.51. The van der Waals surface area contributed by atoms with Gasteiger partial charge in [-0.15, -0.1) is 0 Å². The highest BCUT2D eigenvalue weighted by atomic mass is 14.4. The summed E-state index contributed by atoms with van der Waals surface area (Å²) in [4.78, 5) is 0. The minimum atomic E-state index is 0.210. The summed E-state index contributed by atoms with van der Waals surface area (Å²) >= 11 is 0. The maximum Gasteiger partial charge on any atom is -0.00574 e.